The maximum absolute atomic E-state index is 11.8. The summed E-state index contributed by atoms with van der Waals surface area (Å²) >= 11 is 7.74. The summed E-state index contributed by atoms with van der Waals surface area (Å²) in [5, 5.41) is 19.1. The molecule has 0 aliphatic carbocycles. The van der Waals surface area contributed by atoms with Gasteiger partial charge in [0.15, 0.2) is 0 Å². The van der Waals surface area contributed by atoms with Crippen LogP contribution < -0.4 is 5.01 Å². The first-order chi connectivity index (χ1) is 15.4. The molecule has 32 heavy (non-hydrogen) atoms. The van der Waals surface area contributed by atoms with Crippen LogP contribution in [-0.4, -0.2) is 53.9 Å². The minimum absolute atomic E-state index is 0.245. The zero-order chi connectivity index (χ0) is 23.1. The standard InChI is InChI=1S/C24H27ClN4O2S/c1-4-29(5-2)14-13-17-9-8-11-18(23(30)31)20(17)15-26-28(3)24-27-22(16-32-24)19-10-6-7-12-21(19)25/h6-12,15-16H,4-5,13-14H2,1-3H3,(H,30,31)/b26-15+. The lowest BCUT2D eigenvalue weighted by atomic mass is 9.99. The van der Waals surface area contributed by atoms with Crippen molar-refractivity contribution in [2.24, 2.45) is 5.10 Å². The van der Waals surface area contributed by atoms with Gasteiger partial charge in [0, 0.05) is 35.1 Å². The Hall–Kier alpha value is -2.74. The number of thiazole rings is 1. The van der Waals surface area contributed by atoms with Crippen LogP contribution in [0.4, 0.5) is 5.13 Å². The Morgan fingerprint density at radius 2 is 1.94 bits per heavy atom. The van der Waals surface area contributed by atoms with Crippen molar-refractivity contribution in [2.45, 2.75) is 20.3 Å². The molecule has 0 saturated carbocycles. The lowest BCUT2D eigenvalue weighted by Gasteiger charge is -2.19. The van der Waals surface area contributed by atoms with E-state index < -0.39 is 5.97 Å². The van der Waals surface area contributed by atoms with Crippen LogP contribution in [0.25, 0.3) is 11.3 Å². The topological polar surface area (TPSA) is 69.0 Å². The Labute approximate surface area is 197 Å². The highest BCUT2D eigenvalue weighted by Gasteiger charge is 2.15. The Morgan fingerprint density at radius 3 is 2.62 bits per heavy atom. The number of halogens is 1. The van der Waals surface area contributed by atoms with Gasteiger partial charge >= 0.3 is 5.97 Å². The van der Waals surface area contributed by atoms with Crippen LogP contribution in [0, 0.1) is 0 Å². The second-order valence-electron chi connectivity index (χ2n) is 7.22. The number of carboxylic acid groups (broad SMARTS) is 1. The molecule has 168 valence electrons. The van der Waals surface area contributed by atoms with Crippen LogP contribution in [0.3, 0.4) is 0 Å². The highest BCUT2D eigenvalue weighted by atomic mass is 35.5. The molecule has 0 atom stereocenters. The summed E-state index contributed by atoms with van der Waals surface area (Å²) in [6, 6.07) is 12.9. The number of nitrogens with zero attached hydrogens (tertiary/aromatic N) is 4. The molecule has 6 nitrogen and oxygen atoms in total. The lowest BCUT2D eigenvalue weighted by Crippen LogP contribution is -2.25. The molecule has 1 heterocycles. The molecule has 0 aliphatic rings. The molecule has 0 spiro atoms. The predicted molar refractivity (Wildman–Crippen MR) is 133 cm³/mol. The molecule has 0 bridgehead atoms. The molecule has 0 aliphatic heterocycles. The van der Waals surface area contributed by atoms with E-state index in [2.05, 4.69) is 28.8 Å². The van der Waals surface area contributed by atoms with Gasteiger partial charge < -0.3 is 10.0 Å². The van der Waals surface area contributed by atoms with Crippen molar-refractivity contribution in [3.8, 4) is 11.3 Å². The summed E-state index contributed by atoms with van der Waals surface area (Å²) < 4.78 is 0. The average Bonchev–Trinajstić information content (AvgIpc) is 3.28. The third kappa shape index (κ3) is 5.73. The highest BCUT2D eigenvalue weighted by Crippen LogP contribution is 2.31. The number of hydrogen-bond acceptors (Lipinski definition) is 6. The molecule has 0 radical (unpaired) electrons. The van der Waals surface area contributed by atoms with Gasteiger partial charge in [-0.15, -0.1) is 11.3 Å². The minimum atomic E-state index is -0.964. The van der Waals surface area contributed by atoms with Gasteiger partial charge in [0.2, 0.25) is 5.13 Å². The van der Waals surface area contributed by atoms with Crippen molar-refractivity contribution in [1.29, 1.82) is 0 Å². The molecule has 0 amide bonds. The van der Waals surface area contributed by atoms with E-state index >= 15 is 0 Å². The molecule has 3 aromatic rings. The van der Waals surface area contributed by atoms with E-state index in [-0.39, 0.29) is 5.56 Å². The Morgan fingerprint density at radius 1 is 1.19 bits per heavy atom. The van der Waals surface area contributed by atoms with Gasteiger partial charge in [-0.25, -0.2) is 14.8 Å². The fourth-order valence-electron chi connectivity index (χ4n) is 3.39. The number of aromatic carboxylic acids is 1. The summed E-state index contributed by atoms with van der Waals surface area (Å²) in [5.74, 6) is -0.964. The minimum Gasteiger partial charge on any atom is -0.478 e. The van der Waals surface area contributed by atoms with Gasteiger partial charge in [0.25, 0.3) is 0 Å². The molecule has 0 fully saturated rings. The van der Waals surface area contributed by atoms with Crippen LogP contribution in [0.5, 0.6) is 0 Å². The van der Waals surface area contributed by atoms with Gasteiger partial charge in [0.1, 0.15) is 0 Å². The average molecular weight is 471 g/mol. The largest absolute Gasteiger partial charge is 0.478 e. The van der Waals surface area contributed by atoms with Crippen LogP contribution in [0.15, 0.2) is 52.9 Å². The number of benzene rings is 2. The third-order valence-electron chi connectivity index (χ3n) is 5.30. The SMILES string of the molecule is CCN(CC)CCc1cccc(C(=O)O)c1/C=N/N(C)c1nc(-c2ccccc2Cl)cs1. The fraction of sp³-hybridized carbons (Fsp3) is 0.292. The van der Waals surface area contributed by atoms with Crippen LogP contribution >= 0.6 is 22.9 Å². The van der Waals surface area contributed by atoms with E-state index in [1.54, 1.807) is 30.4 Å². The molecular weight excluding hydrogens is 444 g/mol. The normalized spacial score (nSPS) is 11.4. The van der Waals surface area contributed by atoms with E-state index in [1.165, 1.54) is 11.3 Å². The van der Waals surface area contributed by atoms with Crippen molar-refractivity contribution < 1.29 is 9.90 Å². The van der Waals surface area contributed by atoms with Crippen LogP contribution in [-0.2, 0) is 6.42 Å². The van der Waals surface area contributed by atoms with E-state index in [9.17, 15) is 9.90 Å². The zero-order valence-corrected chi connectivity index (χ0v) is 20.0. The zero-order valence-electron chi connectivity index (χ0n) is 18.5. The van der Waals surface area contributed by atoms with Crippen LogP contribution in [0.2, 0.25) is 5.02 Å². The predicted octanol–water partition coefficient (Wildman–Crippen LogP) is 5.52. The third-order valence-corrected chi connectivity index (χ3v) is 6.53. The maximum Gasteiger partial charge on any atom is 0.336 e. The summed E-state index contributed by atoms with van der Waals surface area (Å²) in [5.41, 5.74) is 3.48. The number of hydrogen-bond donors (Lipinski definition) is 1. The van der Waals surface area contributed by atoms with Gasteiger partial charge in [0.05, 0.1) is 17.5 Å². The summed E-state index contributed by atoms with van der Waals surface area (Å²) in [7, 11) is 1.80. The first kappa shape index (κ1) is 23.9. The number of carboxylic acids is 1. The number of aromatic nitrogens is 1. The van der Waals surface area contributed by atoms with Gasteiger partial charge in [-0.3, -0.25) is 0 Å². The molecule has 2 aromatic carbocycles. The molecule has 3 rings (SSSR count). The first-order valence-electron chi connectivity index (χ1n) is 10.5. The molecular formula is C24H27ClN4O2S. The fourth-order valence-corrected chi connectivity index (χ4v) is 4.37. The first-order valence-corrected chi connectivity index (χ1v) is 11.8. The second kappa shape index (κ2) is 11.2. The summed E-state index contributed by atoms with van der Waals surface area (Å²) in [6.45, 7) is 7.03. The number of carbonyl (C=O) groups is 1. The second-order valence-corrected chi connectivity index (χ2v) is 8.47. The van der Waals surface area contributed by atoms with E-state index in [0.717, 1.165) is 42.9 Å². The lowest BCUT2D eigenvalue weighted by molar-refractivity contribution is 0.0696. The monoisotopic (exact) mass is 470 g/mol. The number of anilines is 1. The van der Waals surface area contributed by atoms with Crippen LogP contribution in [0.1, 0.15) is 35.3 Å². The Balaban J connectivity index is 1.85. The number of rotatable bonds is 10. The van der Waals surface area contributed by atoms with Gasteiger partial charge in [-0.1, -0.05) is 55.8 Å². The van der Waals surface area contributed by atoms with Gasteiger partial charge in [-0.2, -0.15) is 5.10 Å². The van der Waals surface area contributed by atoms with Crippen molar-refractivity contribution in [3.05, 3.63) is 69.6 Å². The van der Waals surface area contributed by atoms with Crippen molar-refractivity contribution in [1.82, 2.24) is 9.88 Å². The quantitative estimate of drug-likeness (QED) is 0.312. The summed E-state index contributed by atoms with van der Waals surface area (Å²) in [6.07, 6.45) is 2.37. The Kier molecular flexibility index (Phi) is 8.39. The van der Waals surface area contributed by atoms with E-state index in [0.29, 0.717) is 15.7 Å². The molecule has 1 aromatic heterocycles. The summed E-state index contributed by atoms with van der Waals surface area (Å²) in [4.78, 5) is 18.8. The highest BCUT2D eigenvalue weighted by molar-refractivity contribution is 7.14. The van der Waals surface area contributed by atoms with Crippen molar-refractivity contribution in [3.63, 3.8) is 0 Å². The molecule has 1 N–H and O–H groups in total. The number of hydrazone groups is 1. The van der Waals surface area contributed by atoms with Crippen molar-refractivity contribution >= 4 is 40.3 Å². The smallest absolute Gasteiger partial charge is 0.336 e. The molecule has 0 saturated heterocycles. The van der Waals surface area contributed by atoms with Gasteiger partial charge in [-0.05, 0) is 37.2 Å². The molecule has 0 unspecified atom stereocenters. The van der Waals surface area contributed by atoms with E-state index in [1.807, 2.05) is 35.7 Å². The van der Waals surface area contributed by atoms with Crippen molar-refractivity contribution in [2.75, 3.05) is 31.7 Å². The maximum atomic E-state index is 11.8. The molecule has 8 heteroatoms. The Bertz CT molecular complexity index is 1100. The number of likely N-dealkylation sites (N-methyl/N-ethyl adjacent to an activating group) is 1. The van der Waals surface area contributed by atoms with E-state index in [4.69, 9.17) is 11.6 Å².